The van der Waals surface area contributed by atoms with Crippen LogP contribution < -0.4 is 5.32 Å². The molecule has 2 N–H and O–H groups in total. The molecule has 0 radical (unpaired) electrons. The molecule has 2 aliphatic rings. The molecule has 12 heteroatoms. The molecule has 0 spiro atoms. The van der Waals surface area contributed by atoms with Gasteiger partial charge in [0.05, 0.1) is 21.9 Å². The lowest BCUT2D eigenvalue weighted by Gasteiger charge is -2.26. The number of aromatic hydroxyl groups is 1. The van der Waals surface area contributed by atoms with Crippen LogP contribution in [0.3, 0.4) is 0 Å². The highest BCUT2D eigenvalue weighted by atomic mass is 32.2. The maximum absolute atomic E-state index is 13.4. The Hall–Kier alpha value is -2.57. The fourth-order valence-electron chi connectivity index (χ4n) is 4.18. The Kier molecular flexibility index (Phi) is 5.83. The molecular weight excluding hydrogens is 471 g/mol. The molecule has 1 aromatic carbocycles. The summed E-state index contributed by atoms with van der Waals surface area (Å²) in [4.78, 5) is 17.1. The number of hydrogen-bond donors (Lipinski definition) is 2. The summed E-state index contributed by atoms with van der Waals surface area (Å²) in [6.45, 7) is 1.21. The highest BCUT2D eigenvalue weighted by Gasteiger charge is 2.39. The van der Waals surface area contributed by atoms with Crippen LogP contribution in [0.4, 0.5) is 9.52 Å². The van der Waals surface area contributed by atoms with Crippen molar-refractivity contribution in [1.82, 2.24) is 14.8 Å². The Morgan fingerprint density at radius 3 is 2.73 bits per heavy atom. The van der Waals surface area contributed by atoms with E-state index >= 15 is 0 Å². The zero-order valence-corrected chi connectivity index (χ0v) is 19.2. The Balaban J connectivity index is 1.53. The predicted octanol–water partition coefficient (Wildman–Crippen LogP) is 3.27. The molecule has 0 bridgehead atoms. The Labute approximate surface area is 193 Å². The van der Waals surface area contributed by atoms with Gasteiger partial charge < -0.3 is 15.2 Å². The number of carbonyl (C=O) groups excluding carboxylic acids is 1. The van der Waals surface area contributed by atoms with E-state index in [1.807, 2.05) is 0 Å². The quantitative estimate of drug-likeness (QED) is 0.517. The number of anilines is 1. The fourth-order valence-corrected chi connectivity index (χ4v) is 6.59. The highest BCUT2D eigenvalue weighted by molar-refractivity contribution is 7.92. The number of carbonyl (C=O) groups is 1. The van der Waals surface area contributed by atoms with E-state index in [1.165, 1.54) is 16.8 Å². The van der Waals surface area contributed by atoms with Gasteiger partial charge in [0.2, 0.25) is 0 Å². The lowest BCUT2D eigenvalue weighted by atomic mass is 9.92. The van der Waals surface area contributed by atoms with Crippen molar-refractivity contribution in [3.63, 3.8) is 0 Å². The molecule has 2 fully saturated rings. The van der Waals surface area contributed by atoms with Crippen LogP contribution >= 0.6 is 11.3 Å². The first kappa shape index (κ1) is 22.2. The molecule has 1 aliphatic heterocycles. The van der Waals surface area contributed by atoms with E-state index < -0.39 is 32.2 Å². The van der Waals surface area contributed by atoms with Gasteiger partial charge in [-0.05, 0) is 44.1 Å². The van der Waals surface area contributed by atoms with Gasteiger partial charge in [-0.2, -0.15) is 9.49 Å². The van der Waals surface area contributed by atoms with Crippen LogP contribution in [-0.4, -0.2) is 52.7 Å². The molecule has 9 nitrogen and oxygen atoms in total. The maximum Gasteiger partial charge on any atom is 0.251 e. The van der Waals surface area contributed by atoms with Gasteiger partial charge >= 0.3 is 0 Å². The summed E-state index contributed by atoms with van der Waals surface area (Å²) in [6, 6.07) is 1.86. The third-order valence-corrected chi connectivity index (χ3v) is 9.09. The summed E-state index contributed by atoms with van der Waals surface area (Å²) >= 11 is 0.726. The van der Waals surface area contributed by atoms with Crippen molar-refractivity contribution in [2.75, 3.05) is 18.5 Å². The molecule has 2 aromatic heterocycles. The maximum atomic E-state index is 13.4. The predicted molar refractivity (Wildman–Crippen MR) is 120 cm³/mol. The van der Waals surface area contributed by atoms with Crippen LogP contribution in [0.15, 0.2) is 29.4 Å². The fraction of sp³-hybridized carbons (Fsp3) is 0.476. The molecule has 5 rings (SSSR count). The number of hydrogen-bond acceptors (Lipinski definition) is 8. The SMILES string of the molecule is O=C(Nc1ncc(F)s1)C(CC1CCOCC1)n1cc2c(S(=O)(=O)C3CC3)cc(O)cc2n1. The Morgan fingerprint density at radius 1 is 1.30 bits per heavy atom. The molecule has 3 heterocycles. The standard InChI is InChI=1S/C21H23FN4O5S2/c22-19-10-23-21(32-19)24-20(28)17(7-12-3-5-31-6-4-12)26-11-15-16(25-26)8-13(27)9-18(15)33(29,30)14-1-2-14/h8-12,14,17,27H,1-7H2,(H,23,24,28). The molecule has 1 saturated heterocycles. The average molecular weight is 495 g/mol. The molecule has 3 aromatic rings. The lowest BCUT2D eigenvalue weighted by molar-refractivity contribution is -0.120. The number of fused-ring (bicyclic) bond motifs is 1. The third-order valence-electron chi connectivity index (χ3n) is 6.09. The molecule has 33 heavy (non-hydrogen) atoms. The molecule has 1 aliphatic carbocycles. The summed E-state index contributed by atoms with van der Waals surface area (Å²) < 4.78 is 46.1. The van der Waals surface area contributed by atoms with Crippen LogP contribution in [0.25, 0.3) is 10.9 Å². The molecule has 1 atom stereocenters. The number of benzene rings is 1. The summed E-state index contributed by atoms with van der Waals surface area (Å²) in [7, 11) is -3.60. The third kappa shape index (κ3) is 4.59. The van der Waals surface area contributed by atoms with Gasteiger partial charge in [-0.15, -0.1) is 0 Å². The van der Waals surface area contributed by atoms with Crippen LogP contribution in [-0.2, 0) is 19.4 Å². The van der Waals surface area contributed by atoms with E-state index in [2.05, 4.69) is 15.4 Å². The average Bonchev–Trinajstić information content (AvgIpc) is 3.46. The van der Waals surface area contributed by atoms with Gasteiger partial charge in [0.25, 0.3) is 5.91 Å². The topological polar surface area (TPSA) is 123 Å². The van der Waals surface area contributed by atoms with Gasteiger partial charge in [0, 0.05) is 30.9 Å². The number of halogens is 1. The Morgan fingerprint density at radius 2 is 2.06 bits per heavy atom. The van der Waals surface area contributed by atoms with Crippen molar-refractivity contribution >= 4 is 43.1 Å². The molecule has 1 saturated carbocycles. The Bertz CT molecular complexity index is 1300. The first-order valence-corrected chi connectivity index (χ1v) is 13.1. The summed E-state index contributed by atoms with van der Waals surface area (Å²) in [6.07, 6.45) is 5.80. The minimum Gasteiger partial charge on any atom is -0.508 e. The normalized spacial score (nSPS) is 18.5. The lowest BCUT2D eigenvalue weighted by Crippen LogP contribution is -2.30. The first-order chi connectivity index (χ1) is 15.8. The van der Waals surface area contributed by atoms with Gasteiger partial charge in [0.1, 0.15) is 11.8 Å². The van der Waals surface area contributed by atoms with Crippen LogP contribution in [0, 0.1) is 11.0 Å². The minimum absolute atomic E-state index is 0.0264. The number of amides is 1. The number of nitrogens with zero attached hydrogens (tertiary/aromatic N) is 3. The second-order valence-corrected chi connectivity index (χ2v) is 11.7. The second kappa shape index (κ2) is 8.65. The number of sulfone groups is 1. The van der Waals surface area contributed by atoms with E-state index in [4.69, 9.17) is 4.74 Å². The monoisotopic (exact) mass is 494 g/mol. The van der Waals surface area contributed by atoms with Gasteiger partial charge in [-0.25, -0.2) is 13.4 Å². The van der Waals surface area contributed by atoms with Crippen molar-refractivity contribution in [3.05, 3.63) is 29.7 Å². The smallest absolute Gasteiger partial charge is 0.251 e. The van der Waals surface area contributed by atoms with Crippen LogP contribution in [0.5, 0.6) is 5.75 Å². The van der Waals surface area contributed by atoms with E-state index in [0.717, 1.165) is 30.4 Å². The van der Waals surface area contributed by atoms with Crippen molar-refractivity contribution < 1.29 is 27.4 Å². The van der Waals surface area contributed by atoms with Crippen molar-refractivity contribution in [2.24, 2.45) is 5.92 Å². The number of rotatable bonds is 7. The van der Waals surface area contributed by atoms with Gasteiger partial charge in [-0.1, -0.05) is 11.3 Å². The summed E-state index contributed by atoms with van der Waals surface area (Å²) in [5, 5.41) is 16.8. The molecule has 176 valence electrons. The van der Waals surface area contributed by atoms with E-state index in [1.54, 1.807) is 6.20 Å². The number of phenols is 1. The molecule has 1 amide bonds. The summed E-state index contributed by atoms with van der Waals surface area (Å²) in [5.74, 6) is -0.409. The molecule has 1 unspecified atom stereocenters. The number of nitrogens with one attached hydrogen (secondary N) is 1. The van der Waals surface area contributed by atoms with Crippen molar-refractivity contribution in [2.45, 2.75) is 48.3 Å². The van der Waals surface area contributed by atoms with E-state index in [0.29, 0.717) is 43.4 Å². The minimum atomic E-state index is -3.60. The zero-order valence-electron chi connectivity index (χ0n) is 17.6. The highest BCUT2D eigenvalue weighted by Crippen LogP contribution is 2.38. The first-order valence-electron chi connectivity index (χ1n) is 10.8. The second-order valence-electron chi connectivity index (χ2n) is 8.50. The largest absolute Gasteiger partial charge is 0.508 e. The van der Waals surface area contributed by atoms with Gasteiger partial charge in [-0.3, -0.25) is 9.48 Å². The molecular formula is C21H23FN4O5S2. The van der Waals surface area contributed by atoms with Crippen molar-refractivity contribution in [1.29, 1.82) is 0 Å². The number of ether oxygens (including phenoxy) is 1. The van der Waals surface area contributed by atoms with Crippen LogP contribution in [0.1, 0.15) is 38.1 Å². The number of phenolic OH excluding ortho intramolecular Hbond substituents is 1. The van der Waals surface area contributed by atoms with Crippen molar-refractivity contribution in [3.8, 4) is 5.75 Å². The number of thiazole rings is 1. The van der Waals surface area contributed by atoms with E-state index in [-0.39, 0.29) is 21.7 Å². The van der Waals surface area contributed by atoms with E-state index in [9.17, 15) is 22.7 Å². The van der Waals surface area contributed by atoms with Crippen LogP contribution in [0.2, 0.25) is 0 Å². The van der Waals surface area contributed by atoms with Gasteiger partial charge in [0.15, 0.2) is 20.1 Å². The summed E-state index contributed by atoms with van der Waals surface area (Å²) in [5.41, 5.74) is 0.291. The zero-order chi connectivity index (χ0) is 23.2. The number of aromatic nitrogens is 3.